The first kappa shape index (κ1) is 26.4. The lowest BCUT2D eigenvalue weighted by Crippen LogP contribution is -2.71. The van der Waals surface area contributed by atoms with Crippen molar-refractivity contribution >= 4 is 59.6 Å². The third-order valence-electron chi connectivity index (χ3n) is 12.2. The maximum Gasteiger partial charge on any atom is 0.371 e. The summed E-state index contributed by atoms with van der Waals surface area (Å²) in [5, 5.41) is 11.4. The number of fused-ring (bicyclic) bond motifs is 11. The first-order valence-electron chi connectivity index (χ1n) is 17.8. The van der Waals surface area contributed by atoms with Crippen molar-refractivity contribution in [3.63, 3.8) is 0 Å². The molecule has 0 saturated carbocycles. The van der Waals surface area contributed by atoms with E-state index in [2.05, 4.69) is 167 Å². The summed E-state index contributed by atoms with van der Waals surface area (Å²) in [7, 11) is 0. The molecule has 13 rings (SSSR count). The lowest BCUT2D eigenvalue weighted by Gasteiger charge is -2.27. The minimum absolute atomic E-state index is 0.631. The highest BCUT2D eigenvalue weighted by Gasteiger charge is 2.68. The van der Waals surface area contributed by atoms with Crippen LogP contribution >= 0.6 is 0 Å². The highest BCUT2D eigenvalue weighted by atomic mass is 16.5. The van der Waals surface area contributed by atoms with Crippen LogP contribution < -0.4 is 13.9 Å². The van der Waals surface area contributed by atoms with E-state index in [-0.39, 0.29) is 0 Å². The van der Waals surface area contributed by atoms with E-state index >= 15 is 0 Å². The molecule has 1 spiro atoms. The van der Waals surface area contributed by atoms with Gasteiger partial charge in [-0.3, -0.25) is 0 Å². The van der Waals surface area contributed by atoms with Crippen LogP contribution in [-0.2, 0) is 5.66 Å². The lowest BCUT2D eigenvalue weighted by molar-refractivity contribution is -0.950. The van der Waals surface area contributed by atoms with Crippen LogP contribution in [0.5, 0.6) is 11.5 Å². The van der Waals surface area contributed by atoms with Crippen LogP contribution in [0.4, 0.5) is 0 Å². The number of pyridine rings is 2. The molecule has 0 aliphatic carbocycles. The fraction of sp³-hybridized carbons (Fsp3) is 0.0638. The molecule has 1 atom stereocenters. The van der Waals surface area contributed by atoms with Crippen molar-refractivity contribution in [1.29, 1.82) is 0 Å². The van der Waals surface area contributed by atoms with E-state index in [0.29, 0.717) is 0 Å². The normalized spacial score (nSPS) is 16.3. The molecule has 0 N–H and O–H groups in total. The summed E-state index contributed by atoms with van der Waals surface area (Å²) >= 11 is 0. The summed E-state index contributed by atoms with van der Waals surface area (Å²) in [5.41, 5.74) is 11.7. The van der Waals surface area contributed by atoms with E-state index in [9.17, 15) is 0 Å². The minimum Gasteiger partial charge on any atom is -0.456 e. The van der Waals surface area contributed by atoms with Crippen molar-refractivity contribution in [2.45, 2.75) is 19.5 Å². The summed E-state index contributed by atoms with van der Waals surface area (Å²) in [6.07, 6.45) is 4.71. The number of nitrogens with zero attached hydrogens (tertiary/aromatic N) is 3. The number of imidazole rings is 1. The van der Waals surface area contributed by atoms with Crippen molar-refractivity contribution in [2.75, 3.05) is 0 Å². The van der Waals surface area contributed by atoms with Crippen molar-refractivity contribution in [2.24, 2.45) is 0 Å². The predicted molar refractivity (Wildman–Crippen MR) is 204 cm³/mol. The smallest absolute Gasteiger partial charge is 0.371 e. The molecule has 6 heterocycles. The van der Waals surface area contributed by atoms with Gasteiger partial charge in [0.1, 0.15) is 34.3 Å². The Kier molecular flexibility index (Phi) is 4.45. The Balaban J connectivity index is 1.34. The second-order valence-corrected chi connectivity index (χ2v) is 14.6. The maximum absolute atomic E-state index is 6.89. The van der Waals surface area contributed by atoms with Gasteiger partial charge < -0.3 is 4.74 Å². The van der Waals surface area contributed by atoms with Gasteiger partial charge in [-0.05, 0) is 99.8 Å². The van der Waals surface area contributed by atoms with Gasteiger partial charge in [-0.2, -0.15) is 8.97 Å². The van der Waals surface area contributed by atoms with Crippen LogP contribution in [-0.4, -0.2) is 4.40 Å². The molecule has 0 fully saturated rings. The molecule has 0 saturated heterocycles. The molecule has 7 aromatic carbocycles. The molecule has 1 unspecified atom stereocenters. The largest absolute Gasteiger partial charge is 0.456 e. The number of aryl methyl sites for hydroxylation is 2. The van der Waals surface area contributed by atoms with Crippen LogP contribution in [0.3, 0.4) is 0 Å². The van der Waals surface area contributed by atoms with Gasteiger partial charge >= 0.3 is 11.3 Å². The Morgan fingerprint density at radius 3 is 1.98 bits per heavy atom. The molecule has 236 valence electrons. The highest BCUT2D eigenvalue weighted by Crippen LogP contribution is 2.58. The fourth-order valence-electron chi connectivity index (χ4n) is 10.4. The van der Waals surface area contributed by atoms with Crippen molar-refractivity contribution in [3.05, 3.63) is 162 Å². The van der Waals surface area contributed by atoms with Gasteiger partial charge in [-0.1, -0.05) is 72.8 Å². The minimum atomic E-state index is -0.631. The van der Waals surface area contributed by atoms with E-state index in [1.54, 1.807) is 0 Å². The highest BCUT2D eigenvalue weighted by molar-refractivity contribution is 6.29. The van der Waals surface area contributed by atoms with Crippen LogP contribution in [0.1, 0.15) is 22.3 Å². The molecule has 0 amide bonds. The molecule has 51 heavy (non-hydrogen) atoms. The number of aromatic nitrogens is 3. The molecule has 4 nitrogen and oxygen atoms in total. The Labute approximate surface area is 292 Å². The number of benzene rings is 7. The monoisotopic (exact) mass is 651 g/mol. The van der Waals surface area contributed by atoms with Gasteiger partial charge in [0.2, 0.25) is 5.69 Å². The molecular formula is C47H29N3O+2. The summed E-state index contributed by atoms with van der Waals surface area (Å²) in [6, 6.07) is 47.0. The van der Waals surface area contributed by atoms with Crippen molar-refractivity contribution in [1.82, 2.24) is 4.40 Å². The van der Waals surface area contributed by atoms with Gasteiger partial charge in [0.05, 0.1) is 10.9 Å². The van der Waals surface area contributed by atoms with Gasteiger partial charge in [0, 0.05) is 28.5 Å². The average molecular weight is 652 g/mol. The summed E-state index contributed by atoms with van der Waals surface area (Å²) in [5.74, 6) is 1.84. The maximum atomic E-state index is 6.89. The molecule has 4 heteroatoms. The number of ether oxygens (including phenoxy) is 1. The Morgan fingerprint density at radius 1 is 0.549 bits per heavy atom. The van der Waals surface area contributed by atoms with Crippen molar-refractivity contribution < 1.29 is 13.9 Å². The number of hydrogen-bond donors (Lipinski definition) is 0. The topological polar surface area (TPSA) is 21.4 Å². The third kappa shape index (κ3) is 2.80. The molecule has 3 aromatic heterocycles. The first-order valence-corrected chi connectivity index (χ1v) is 17.8. The van der Waals surface area contributed by atoms with E-state index in [0.717, 1.165) is 11.5 Å². The van der Waals surface area contributed by atoms with E-state index < -0.39 is 5.66 Å². The molecule has 0 bridgehead atoms. The molecule has 10 aromatic rings. The van der Waals surface area contributed by atoms with Crippen LogP contribution in [0.15, 0.2) is 140 Å². The zero-order chi connectivity index (χ0) is 33.3. The van der Waals surface area contributed by atoms with Gasteiger partial charge in [-0.25, -0.2) is 0 Å². The van der Waals surface area contributed by atoms with Crippen LogP contribution in [0.2, 0.25) is 0 Å². The van der Waals surface area contributed by atoms with Gasteiger partial charge in [0.15, 0.2) is 11.9 Å². The van der Waals surface area contributed by atoms with Crippen molar-refractivity contribution in [3.8, 4) is 34.0 Å². The fourth-order valence-corrected chi connectivity index (χ4v) is 10.4. The Bertz CT molecular complexity index is 3300. The predicted octanol–water partition coefficient (Wildman–Crippen LogP) is 10.3. The molecule has 3 aliphatic rings. The Morgan fingerprint density at radius 2 is 1.22 bits per heavy atom. The summed E-state index contributed by atoms with van der Waals surface area (Å²) in [4.78, 5) is 0. The molecule has 0 radical (unpaired) electrons. The SMILES string of the molecule is Cc1cccc(C)c1-c1c[n+]2c3c4c5c(ccc4c4cc6c7ccccc7c7ccccc7c6cc4n13)Oc1cccc3c1C52[n+]1ccccc1-3. The van der Waals surface area contributed by atoms with Crippen LogP contribution in [0.25, 0.3) is 82.2 Å². The Hall–Kier alpha value is -6.52. The number of rotatable bonds is 1. The standard InChI is InChI=1S/C47H29N3O/c1-26-11-9-12-27(2)42(26)39-25-49-46-43-32(20-21-41-45(43)47(49)44-33(17-10-19-40(44)51-41)37-18-7-8-22-48(37)47)36-23-34-30-15-5-3-13-28(30)29-14-4-6-16-31(29)35(34)24-38(36)50(39)46/h3-25H,1-2H3/q+2. The quantitative estimate of drug-likeness (QED) is 0.0983. The molecule has 3 aliphatic heterocycles. The summed E-state index contributed by atoms with van der Waals surface area (Å²) < 4.78 is 14.5. The van der Waals surface area contributed by atoms with E-state index in [1.165, 1.54) is 104 Å². The van der Waals surface area contributed by atoms with E-state index in [1.807, 2.05) is 0 Å². The lowest BCUT2D eigenvalue weighted by atomic mass is 9.85. The third-order valence-corrected chi connectivity index (χ3v) is 12.2. The number of hydrogen-bond acceptors (Lipinski definition) is 1. The van der Waals surface area contributed by atoms with Gasteiger partial charge in [0.25, 0.3) is 0 Å². The second kappa shape index (κ2) is 8.61. The van der Waals surface area contributed by atoms with Gasteiger partial charge in [-0.15, -0.1) is 4.57 Å². The zero-order valence-electron chi connectivity index (χ0n) is 28.0. The van der Waals surface area contributed by atoms with E-state index in [4.69, 9.17) is 4.74 Å². The summed E-state index contributed by atoms with van der Waals surface area (Å²) in [6.45, 7) is 4.50. The first-order chi connectivity index (χ1) is 25.1. The van der Waals surface area contributed by atoms with Crippen LogP contribution in [0, 0.1) is 13.8 Å². The zero-order valence-corrected chi connectivity index (χ0v) is 28.0. The molecular weight excluding hydrogens is 623 g/mol. The average Bonchev–Trinajstić information content (AvgIpc) is 3.80. The second-order valence-electron chi connectivity index (χ2n) is 14.6.